The average molecular weight is 314 g/mol. The molecule has 2 aliphatic rings. The number of nitrogens with zero attached hydrogens (tertiary/aromatic N) is 2. The Morgan fingerprint density at radius 2 is 2.00 bits per heavy atom. The molecule has 2 atom stereocenters. The van der Waals surface area contributed by atoms with E-state index in [0.29, 0.717) is 18.9 Å². The zero-order valence-corrected chi connectivity index (χ0v) is 14.3. The van der Waals surface area contributed by atoms with E-state index in [4.69, 9.17) is 0 Å². The summed E-state index contributed by atoms with van der Waals surface area (Å²) in [7, 11) is 0. The maximum Gasteiger partial charge on any atom is 0.228 e. The Hall–Kier alpha value is -1.84. The van der Waals surface area contributed by atoms with Crippen molar-refractivity contribution in [3.05, 3.63) is 29.3 Å². The molecule has 0 N–H and O–H groups in total. The third kappa shape index (κ3) is 3.26. The highest BCUT2D eigenvalue weighted by Gasteiger charge is 2.38. The zero-order chi connectivity index (χ0) is 16.6. The van der Waals surface area contributed by atoms with Crippen molar-refractivity contribution in [3.63, 3.8) is 0 Å². The standard InChI is InChI=1S/C19H26N2O2/c1-13-6-7-17(15(3)9-13)21-12-16(10-18(21)22)19(23)20-8-4-5-14(2)11-20/h6-7,9,14,16H,4-5,8,10-12H2,1-3H3/t14-,16+/m0/s1. The SMILES string of the molecule is Cc1ccc(N2C[C@H](C(=O)N3CCC[C@H](C)C3)CC2=O)c(C)c1. The second-order valence-electron chi connectivity index (χ2n) is 7.23. The first kappa shape index (κ1) is 16.0. The molecule has 2 amide bonds. The Morgan fingerprint density at radius 3 is 2.70 bits per heavy atom. The molecule has 0 bridgehead atoms. The van der Waals surface area contributed by atoms with Gasteiger partial charge in [-0.05, 0) is 44.2 Å². The number of hydrogen-bond acceptors (Lipinski definition) is 2. The quantitative estimate of drug-likeness (QED) is 0.842. The Bertz CT molecular complexity index is 626. The summed E-state index contributed by atoms with van der Waals surface area (Å²) in [6.07, 6.45) is 2.62. The van der Waals surface area contributed by atoms with Gasteiger partial charge < -0.3 is 9.80 Å². The Balaban J connectivity index is 1.73. The van der Waals surface area contributed by atoms with Crippen molar-refractivity contribution in [1.82, 2.24) is 4.90 Å². The molecule has 1 aromatic carbocycles. The highest BCUT2D eigenvalue weighted by molar-refractivity contribution is 6.00. The van der Waals surface area contributed by atoms with Gasteiger partial charge in [-0.25, -0.2) is 0 Å². The number of carbonyl (C=O) groups excluding carboxylic acids is 2. The van der Waals surface area contributed by atoms with Crippen LogP contribution in [0.3, 0.4) is 0 Å². The summed E-state index contributed by atoms with van der Waals surface area (Å²) >= 11 is 0. The van der Waals surface area contributed by atoms with Crippen LogP contribution in [0.1, 0.15) is 37.3 Å². The summed E-state index contributed by atoms with van der Waals surface area (Å²) in [5, 5.41) is 0. The molecule has 4 heteroatoms. The van der Waals surface area contributed by atoms with Crippen LogP contribution < -0.4 is 4.90 Å². The van der Waals surface area contributed by atoms with Crippen LogP contribution in [0.4, 0.5) is 5.69 Å². The Kier molecular flexibility index (Phi) is 4.42. The van der Waals surface area contributed by atoms with Crippen molar-refractivity contribution in [2.75, 3.05) is 24.5 Å². The van der Waals surface area contributed by atoms with Crippen molar-refractivity contribution < 1.29 is 9.59 Å². The van der Waals surface area contributed by atoms with E-state index in [2.05, 4.69) is 13.0 Å². The van der Waals surface area contributed by atoms with Gasteiger partial charge >= 0.3 is 0 Å². The van der Waals surface area contributed by atoms with Crippen LogP contribution in [-0.4, -0.2) is 36.3 Å². The van der Waals surface area contributed by atoms with Crippen LogP contribution in [0.5, 0.6) is 0 Å². The Labute approximate surface area is 138 Å². The smallest absolute Gasteiger partial charge is 0.228 e. The average Bonchev–Trinajstić information content (AvgIpc) is 2.88. The molecule has 0 spiro atoms. The number of carbonyl (C=O) groups is 2. The summed E-state index contributed by atoms with van der Waals surface area (Å²) in [6.45, 7) is 8.47. The molecule has 3 rings (SSSR count). The third-order valence-electron chi connectivity index (χ3n) is 5.09. The van der Waals surface area contributed by atoms with Crippen LogP contribution in [0.15, 0.2) is 18.2 Å². The van der Waals surface area contributed by atoms with E-state index in [1.807, 2.05) is 30.9 Å². The minimum Gasteiger partial charge on any atom is -0.342 e. The van der Waals surface area contributed by atoms with E-state index >= 15 is 0 Å². The van der Waals surface area contributed by atoms with E-state index in [0.717, 1.165) is 30.8 Å². The van der Waals surface area contributed by atoms with Crippen LogP contribution in [0, 0.1) is 25.7 Å². The number of rotatable bonds is 2. The molecule has 23 heavy (non-hydrogen) atoms. The summed E-state index contributed by atoms with van der Waals surface area (Å²) in [4.78, 5) is 28.9. The van der Waals surface area contributed by atoms with E-state index in [9.17, 15) is 9.59 Å². The maximum atomic E-state index is 12.8. The lowest BCUT2D eigenvalue weighted by Crippen LogP contribution is -2.43. The van der Waals surface area contributed by atoms with Gasteiger partial charge in [0.2, 0.25) is 11.8 Å². The van der Waals surface area contributed by atoms with Gasteiger partial charge in [0, 0.05) is 31.7 Å². The van der Waals surface area contributed by atoms with Crippen molar-refractivity contribution in [3.8, 4) is 0 Å². The molecule has 124 valence electrons. The first-order valence-corrected chi connectivity index (χ1v) is 8.62. The summed E-state index contributed by atoms with van der Waals surface area (Å²) in [5.74, 6) is 0.617. The van der Waals surface area contributed by atoms with Gasteiger partial charge in [0.25, 0.3) is 0 Å². The van der Waals surface area contributed by atoms with Crippen molar-refractivity contribution in [2.45, 2.75) is 40.0 Å². The van der Waals surface area contributed by atoms with E-state index in [-0.39, 0.29) is 17.7 Å². The van der Waals surface area contributed by atoms with Gasteiger partial charge in [-0.1, -0.05) is 24.6 Å². The maximum absolute atomic E-state index is 12.8. The van der Waals surface area contributed by atoms with Gasteiger partial charge in [0.15, 0.2) is 0 Å². The minimum atomic E-state index is -0.187. The lowest BCUT2D eigenvalue weighted by molar-refractivity contribution is -0.137. The van der Waals surface area contributed by atoms with Crippen LogP contribution >= 0.6 is 0 Å². The normalized spacial score (nSPS) is 25.1. The molecule has 2 saturated heterocycles. The molecule has 4 nitrogen and oxygen atoms in total. The first-order valence-electron chi connectivity index (χ1n) is 8.62. The largest absolute Gasteiger partial charge is 0.342 e. The number of anilines is 1. The molecule has 0 unspecified atom stereocenters. The predicted molar refractivity (Wildman–Crippen MR) is 91.4 cm³/mol. The third-order valence-corrected chi connectivity index (χ3v) is 5.09. The fourth-order valence-corrected chi connectivity index (χ4v) is 3.86. The molecule has 0 saturated carbocycles. The molecular weight excluding hydrogens is 288 g/mol. The lowest BCUT2D eigenvalue weighted by Gasteiger charge is -2.32. The first-order chi connectivity index (χ1) is 11.0. The summed E-state index contributed by atoms with van der Waals surface area (Å²) < 4.78 is 0. The predicted octanol–water partition coefficient (Wildman–Crippen LogP) is 2.91. The van der Waals surface area contributed by atoms with Gasteiger partial charge in [-0.2, -0.15) is 0 Å². The fourth-order valence-electron chi connectivity index (χ4n) is 3.86. The number of aryl methyl sites for hydroxylation is 2. The van der Waals surface area contributed by atoms with E-state index in [1.54, 1.807) is 4.90 Å². The molecule has 1 aromatic rings. The van der Waals surface area contributed by atoms with E-state index in [1.165, 1.54) is 12.0 Å². The van der Waals surface area contributed by atoms with Crippen molar-refractivity contribution >= 4 is 17.5 Å². The summed E-state index contributed by atoms with van der Waals surface area (Å²) in [6, 6.07) is 6.11. The van der Waals surface area contributed by atoms with Gasteiger partial charge in [0.1, 0.15) is 0 Å². The molecule has 2 heterocycles. The molecule has 0 aliphatic carbocycles. The highest BCUT2D eigenvalue weighted by atomic mass is 16.2. The molecule has 0 radical (unpaired) electrons. The fraction of sp³-hybridized carbons (Fsp3) is 0.579. The van der Waals surface area contributed by atoms with Crippen LogP contribution in [0.2, 0.25) is 0 Å². The lowest BCUT2D eigenvalue weighted by atomic mass is 9.98. The monoisotopic (exact) mass is 314 g/mol. The summed E-state index contributed by atoms with van der Waals surface area (Å²) in [5.41, 5.74) is 3.23. The minimum absolute atomic E-state index is 0.0698. The van der Waals surface area contributed by atoms with Crippen LogP contribution in [0.25, 0.3) is 0 Å². The van der Waals surface area contributed by atoms with Crippen molar-refractivity contribution in [1.29, 1.82) is 0 Å². The number of benzene rings is 1. The number of hydrogen-bond donors (Lipinski definition) is 0. The van der Waals surface area contributed by atoms with Crippen molar-refractivity contribution in [2.24, 2.45) is 11.8 Å². The van der Waals surface area contributed by atoms with E-state index < -0.39 is 0 Å². The second-order valence-corrected chi connectivity index (χ2v) is 7.23. The second kappa shape index (κ2) is 6.34. The van der Waals surface area contributed by atoms with Crippen LogP contribution in [-0.2, 0) is 9.59 Å². The van der Waals surface area contributed by atoms with Gasteiger partial charge in [-0.3, -0.25) is 9.59 Å². The molecular formula is C19H26N2O2. The molecule has 2 fully saturated rings. The van der Waals surface area contributed by atoms with Gasteiger partial charge in [-0.15, -0.1) is 0 Å². The molecule has 0 aromatic heterocycles. The topological polar surface area (TPSA) is 40.6 Å². The highest BCUT2D eigenvalue weighted by Crippen LogP contribution is 2.30. The number of likely N-dealkylation sites (tertiary alicyclic amines) is 1. The molecule has 2 aliphatic heterocycles. The number of piperidine rings is 1. The zero-order valence-electron chi connectivity index (χ0n) is 14.3. The number of amides is 2. The Morgan fingerprint density at radius 1 is 1.22 bits per heavy atom. The van der Waals surface area contributed by atoms with Gasteiger partial charge in [0.05, 0.1) is 5.92 Å².